The topological polar surface area (TPSA) is 325 Å². The summed E-state index contributed by atoms with van der Waals surface area (Å²) in [7, 11) is 0.552. The predicted octanol–water partition coefficient (Wildman–Crippen LogP) is 7.39. The molecular formula is C58H57BBrN20O4S2. The lowest BCUT2D eigenvalue weighted by Crippen LogP contribution is -2.53. The zero-order valence-electron chi connectivity index (χ0n) is 46.8. The van der Waals surface area contributed by atoms with E-state index >= 15 is 0 Å². The molecule has 5 N–H and O–H groups in total. The molecule has 6 aliphatic rings. The zero-order valence-corrected chi connectivity index (χ0v) is 50.0. The van der Waals surface area contributed by atoms with Crippen molar-refractivity contribution in [2.45, 2.75) is 89.4 Å². The van der Waals surface area contributed by atoms with E-state index in [0.29, 0.717) is 83.1 Å². The van der Waals surface area contributed by atoms with Crippen molar-refractivity contribution in [1.82, 2.24) is 60.2 Å². The molecule has 24 nitrogen and oxygen atoms in total. The Labute approximate surface area is 511 Å². The van der Waals surface area contributed by atoms with E-state index in [2.05, 4.69) is 107 Å². The lowest BCUT2D eigenvalue weighted by molar-refractivity contribution is -0.124. The summed E-state index contributed by atoms with van der Waals surface area (Å²) >= 11 is 6.48. The third-order valence-electron chi connectivity index (χ3n) is 16.6. The molecule has 4 saturated carbocycles. The maximum atomic E-state index is 12.4. The van der Waals surface area contributed by atoms with Gasteiger partial charge in [0, 0.05) is 62.0 Å². The molecule has 435 valence electrons. The number of carbonyl (C=O) groups excluding carboxylic acids is 2. The summed E-state index contributed by atoms with van der Waals surface area (Å²) in [6.07, 6.45) is 15.1. The van der Waals surface area contributed by atoms with E-state index in [-0.39, 0.29) is 23.6 Å². The highest BCUT2D eigenvalue weighted by Crippen LogP contribution is 2.44. The number of nitriles is 4. The van der Waals surface area contributed by atoms with Crippen LogP contribution in [0.3, 0.4) is 0 Å². The van der Waals surface area contributed by atoms with E-state index in [1.165, 1.54) is 42.8 Å². The van der Waals surface area contributed by atoms with Crippen molar-refractivity contribution in [3.63, 3.8) is 0 Å². The number of piperidine rings is 2. The van der Waals surface area contributed by atoms with Crippen LogP contribution in [-0.2, 0) is 9.59 Å². The average molecular weight is 1250 g/mol. The molecule has 0 aromatic carbocycles. The maximum Gasteiger partial charge on any atom is 0.569 e. The maximum absolute atomic E-state index is 12.4. The molecule has 1 radical (unpaired) electrons. The molecule has 86 heavy (non-hydrogen) atoms. The Kier molecular flexibility index (Phi) is 16.8. The number of halogens is 1. The van der Waals surface area contributed by atoms with Crippen LogP contribution in [0.4, 0.5) is 21.6 Å². The third kappa shape index (κ3) is 12.5. The molecule has 4 bridgehead atoms. The van der Waals surface area contributed by atoms with Gasteiger partial charge in [-0.15, -0.1) is 20.4 Å². The lowest BCUT2D eigenvalue weighted by atomic mass is 9.92. The summed E-state index contributed by atoms with van der Waals surface area (Å²) in [4.78, 5) is 38.1. The second kappa shape index (κ2) is 25.0. The van der Waals surface area contributed by atoms with Gasteiger partial charge in [0.15, 0.2) is 8.92 Å². The normalized spacial score (nSPS) is 21.4. The van der Waals surface area contributed by atoms with Crippen LogP contribution in [0.5, 0.6) is 5.75 Å². The van der Waals surface area contributed by atoms with E-state index in [1.54, 1.807) is 58.6 Å². The molecule has 0 spiro atoms. The van der Waals surface area contributed by atoms with Crippen LogP contribution in [0, 0.1) is 80.8 Å². The summed E-state index contributed by atoms with van der Waals surface area (Å²) in [5, 5.41) is 87.1. The molecule has 4 aliphatic carbocycles. The van der Waals surface area contributed by atoms with Gasteiger partial charge in [-0.25, -0.2) is 9.03 Å². The molecule has 10 heterocycles. The van der Waals surface area contributed by atoms with Crippen LogP contribution in [0.2, 0.25) is 0 Å². The van der Waals surface area contributed by atoms with Gasteiger partial charge in [0.1, 0.15) is 30.0 Å². The lowest BCUT2D eigenvalue weighted by Gasteiger charge is -2.38. The third-order valence-corrected chi connectivity index (χ3v) is 19.1. The number of amides is 2. The van der Waals surface area contributed by atoms with Gasteiger partial charge >= 0.3 is 7.69 Å². The van der Waals surface area contributed by atoms with Crippen molar-refractivity contribution >= 4 is 90.8 Å². The number of aromatic nitrogens is 10. The minimum absolute atomic E-state index is 0.230. The average Bonchev–Trinajstić information content (AvgIpc) is 2.37. The van der Waals surface area contributed by atoms with Crippen LogP contribution in [-0.4, -0.2) is 124 Å². The largest absolute Gasteiger partial charge is 0.569 e. The fraction of sp³-hybridized carbons (Fsp3) is 0.414. The molecular weight excluding hydrogens is 1200 g/mol. The number of carbonyl (C=O) groups is 2. The second-order valence-electron chi connectivity index (χ2n) is 22.6. The number of rotatable bonds is 15. The highest BCUT2D eigenvalue weighted by molar-refractivity contribution is 9.11. The Bertz CT molecular complexity index is 4000. The van der Waals surface area contributed by atoms with Crippen LogP contribution in [0.25, 0.3) is 44.4 Å². The van der Waals surface area contributed by atoms with Crippen molar-refractivity contribution < 1.29 is 19.3 Å². The van der Waals surface area contributed by atoms with Gasteiger partial charge < -0.3 is 40.7 Å². The Morgan fingerprint density at radius 1 is 0.640 bits per heavy atom. The highest BCUT2D eigenvalue weighted by atomic mass is 79.9. The van der Waals surface area contributed by atoms with Gasteiger partial charge in [0.05, 0.1) is 86.9 Å². The Morgan fingerprint density at radius 2 is 1.12 bits per heavy atom. The minimum atomic E-state index is -0.461. The van der Waals surface area contributed by atoms with Crippen molar-refractivity contribution in [2.24, 2.45) is 35.5 Å². The van der Waals surface area contributed by atoms with E-state index in [0.717, 1.165) is 112 Å². The quantitative estimate of drug-likeness (QED) is 0.0624. The summed E-state index contributed by atoms with van der Waals surface area (Å²) < 4.78 is 9.26. The zero-order chi connectivity index (χ0) is 59.6. The van der Waals surface area contributed by atoms with Gasteiger partial charge in [-0.2, -0.15) is 31.2 Å². The Morgan fingerprint density at radius 3 is 1.58 bits per heavy atom. The van der Waals surface area contributed by atoms with E-state index in [1.807, 2.05) is 30.3 Å². The van der Waals surface area contributed by atoms with Gasteiger partial charge in [0.25, 0.3) is 0 Å². The van der Waals surface area contributed by atoms with Crippen LogP contribution < -0.4 is 35.7 Å². The van der Waals surface area contributed by atoms with Gasteiger partial charge in [-0.3, -0.25) is 19.6 Å². The van der Waals surface area contributed by atoms with Crippen molar-refractivity contribution in [3.8, 4) is 63.4 Å². The predicted molar refractivity (Wildman–Crippen MR) is 325 cm³/mol. The van der Waals surface area contributed by atoms with Gasteiger partial charge in [-0.05, 0) is 153 Å². The molecule has 8 atom stereocenters. The first-order chi connectivity index (χ1) is 41.9. The van der Waals surface area contributed by atoms with Crippen LogP contribution in [0.1, 0.15) is 76.3 Å². The Balaban J connectivity index is 0.000000137. The first-order valence-electron chi connectivity index (χ1n) is 28.5. The second-order valence-corrected chi connectivity index (χ2v) is 25.8. The van der Waals surface area contributed by atoms with Crippen molar-refractivity contribution in [2.75, 3.05) is 46.6 Å². The number of nitrogens with zero attached hydrogens (tertiary/aromatic N) is 16. The summed E-state index contributed by atoms with van der Waals surface area (Å²) in [6, 6.07) is 22.8. The molecule has 14 rings (SSSR count). The Hall–Kier alpha value is -8.80. The highest BCUT2D eigenvalue weighted by Gasteiger charge is 2.46. The monoisotopic (exact) mass is 1250 g/mol. The van der Waals surface area contributed by atoms with Crippen LogP contribution >= 0.6 is 38.6 Å². The number of hydrogen-bond acceptors (Lipinski definition) is 22. The van der Waals surface area contributed by atoms with E-state index in [9.17, 15) is 20.1 Å². The molecule has 6 fully saturated rings. The minimum Gasteiger partial charge on any atom is -0.535 e. The molecule has 2 aliphatic heterocycles. The molecule has 2 saturated heterocycles. The number of nitrogens with one attached hydrogen (secondary N) is 4. The molecule has 2 unspecified atom stereocenters. The number of anilines is 4. The first-order valence-corrected chi connectivity index (χ1v) is 30.9. The summed E-state index contributed by atoms with van der Waals surface area (Å²) in [6.45, 7) is 7.20. The van der Waals surface area contributed by atoms with Gasteiger partial charge in [-0.1, -0.05) is 22.7 Å². The van der Waals surface area contributed by atoms with Crippen LogP contribution in [0.15, 0.2) is 77.2 Å². The van der Waals surface area contributed by atoms with E-state index in [4.69, 9.17) is 25.2 Å². The fourth-order valence-corrected chi connectivity index (χ4v) is 14.0. The molecule has 2 amide bonds. The van der Waals surface area contributed by atoms with Crippen molar-refractivity contribution in [1.29, 1.82) is 21.0 Å². The molecule has 8 aromatic rings. The molecule has 28 heteroatoms. The van der Waals surface area contributed by atoms with Gasteiger partial charge in [0.2, 0.25) is 22.1 Å². The summed E-state index contributed by atoms with van der Waals surface area (Å²) in [5.74, 6) is 3.34. The first kappa shape index (κ1) is 57.6. The number of pyridine rings is 2. The van der Waals surface area contributed by atoms with E-state index < -0.39 is 12.1 Å². The SMILES string of the molecule is C[C@H](C#N)Nc1cc(-c2ccc3cc(C#N)cnn23)ncc1-c1nnc(N2C[C@H]3CC[C@@H](C2)C3NC(=O)C2CC2)s1.C[C@H](C#N)Nc1cc(-c2ccc3cc(C#N)cnn23)ncc1O[B]O.O=C(NC1[C@@H]2CC[C@H]1CN(c1nnc(Br)s1)C2)C1CC1. The van der Waals surface area contributed by atoms with Crippen molar-refractivity contribution in [3.05, 3.63) is 88.4 Å². The smallest absolute Gasteiger partial charge is 0.535 e. The number of fused-ring (bicyclic) bond motifs is 6. The number of hydrogen-bond donors (Lipinski definition) is 5. The fourth-order valence-electron chi connectivity index (χ4n) is 12.0. The standard InChI is InChI=1S/C29H28N10OS.C16H12BN6O2.C13H17BrN4OS/c1-16(10-30)34-23-9-24(25-7-6-21-8-17(11-31)12-33-39(21)25)32-13-22(23)28-36-37-29(41-28)38-14-19-4-5-20(15-38)26(19)35-27(40)18-2-3-18;1-10(6-18)22-14-5-13(20-9-16(14)25-17-24)15-3-2-12-4-11(7-19)8-21-23(12)15;14-12-16-17-13(20-12)18-5-8-3-4-9(6-18)10(8)15-11(19)7-1-2-7/h6-9,12-13,16,18-20,26H,2-5,14-15H2,1H3,(H,32,34)(H,35,40);2-5,8-10,24H,1H3,(H,20,22);7-10H,1-6H2,(H,15,19)/t16-,19-,20+,26?;10-;8-,9+,10?/m11./s1. The molecule has 8 aromatic heterocycles. The summed E-state index contributed by atoms with van der Waals surface area (Å²) in [5.41, 5.74) is 7.29.